The van der Waals surface area contributed by atoms with E-state index in [4.69, 9.17) is 33.2 Å². The smallest absolute Gasteiger partial charge is 0.341 e. The van der Waals surface area contributed by atoms with Crippen LogP contribution in [0.4, 0.5) is 0 Å². The molecule has 0 fully saturated rings. The maximum atomic E-state index is 11.9. The van der Waals surface area contributed by atoms with E-state index in [1.165, 1.54) is 12.0 Å². The van der Waals surface area contributed by atoms with Gasteiger partial charge in [-0.05, 0) is 47.2 Å². The summed E-state index contributed by atoms with van der Waals surface area (Å²) in [5.74, 6) is -1.17. The average Bonchev–Trinajstić information content (AvgIpc) is 3.14. The highest BCUT2D eigenvalue weighted by molar-refractivity contribution is 7.64. The highest BCUT2D eigenvalue weighted by atomic mass is 35.8. The van der Waals surface area contributed by atoms with Crippen LogP contribution in [0.1, 0.15) is 95.5 Å². The number of carbonyl (C=O) groups is 1. The maximum absolute atomic E-state index is 11.9. The Labute approximate surface area is 190 Å². The van der Waals surface area contributed by atoms with Crippen molar-refractivity contribution < 1.29 is 9.90 Å². The molecule has 1 rings (SSSR count). The molecule has 0 amide bonds. The van der Waals surface area contributed by atoms with Crippen molar-refractivity contribution in [1.29, 1.82) is 0 Å². The van der Waals surface area contributed by atoms with Gasteiger partial charge in [0.2, 0.25) is 0 Å². The molecule has 0 radical (unpaired) electrons. The first-order chi connectivity index (χ1) is 13.3. The summed E-state index contributed by atoms with van der Waals surface area (Å²) in [6, 6.07) is 0.372. The molecule has 0 aliphatic rings. The predicted molar refractivity (Wildman–Crippen MR) is 125 cm³/mol. The fourth-order valence-electron chi connectivity index (χ4n) is 3.76. The number of rotatable bonds is 17. The third kappa shape index (κ3) is 12.1. The van der Waals surface area contributed by atoms with E-state index >= 15 is 0 Å². The molecule has 0 aliphatic heterocycles. The van der Waals surface area contributed by atoms with E-state index in [0.717, 1.165) is 70.3 Å². The second kappa shape index (κ2) is 15.1. The van der Waals surface area contributed by atoms with Gasteiger partial charge in [-0.2, -0.15) is 11.3 Å². The summed E-state index contributed by atoms with van der Waals surface area (Å²) in [6.45, 7) is 2.18. The van der Waals surface area contributed by atoms with Gasteiger partial charge in [-0.25, -0.2) is 0 Å². The summed E-state index contributed by atoms with van der Waals surface area (Å²) in [5, 5.41) is 16.0. The van der Waals surface area contributed by atoms with Gasteiger partial charge in [-0.15, -0.1) is 33.2 Å². The van der Waals surface area contributed by atoms with E-state index in [0.29, 0.717) is 6.42 Å². The zero-order chi connectivity index (χ0) is 20.8. The summed E-state index contributed by atoms with van der Waals surface area (Å²) in [5.41, 5.74) is 1.17. The molecule has 1 heterocycles. The van der Waals surface area contributed by atoms with E-state index in [1.807, 2.05) is 5.38 Å². The Morgan fingerprint density at radius 2 is 1.61 bits per heavy atom. The number of carboxylic acids is 1. The third-order valence-corrected chi connectivity index (χ3v) is 8.68. The van der Waals surface area contributed by atoms with E-state index in [2.05, 4.69) is 18.4 Å². The van der Waals surface area contributed by atoms with Crippen LogP contribution in [0.15, 0.2) is 16.8 Å². The lowest BCUT2D eigenvalue weighted by Gasteiger charge is -2.28. The molecule has 0 saturated heterocycles. The number of aliphatic carboxylic acids is 1. The Hall–Kier alpha value is 0.257. The van der Waals surface area contributed by atoms with Crippen molar-refractivity contribution in [3.05, 3.63) is 22.4 Å². The van der Waals surface area contributed by atoms with Gasteiger partial charge < -0.3 is 9.90 Å². The highest BCUT2D eigenvalue weighted by Crippen LogP contribution is 2.35. The van der Waals surface area contributed by atoms with E-state index in [-0.39, 0.29) is 11.8 Å². The molecule has 7 heteroatoms. The zero-order valence-electron chi connectivity index (χ0n) is 16.9. The lowest BCUT2D eigenvalue weighted by molar-refractivity contribution is -0.312. The first-order valence-electron chi connectivity index (χ1n) is 10.6. The highest BCUT2D eigenvalue weighted by Gasteiger charge is 2.24. The van der Waals surface area contributed by atoms with Crippen LogP contribution >= 0.6 is 44.6 Å². The largest absolute Gasteiger partial charge is 0.550 e. The van der Waals surface area contributed by atoms with Crippen LogP contribution in [0.3, 0.4) is 0 Å². The monoisotopic (exact) mass is 483 g/mol. The number of carbonyl (C=O) groups excluding carboxylic acids is 1. The topological polar surface area (TPSA) is 40.1 Å². The van der Waals surface area contributed by atoms with E-state index < -0.39 is 12.0 Å². The standard InChI is InChI=1S/C21H35Cl3O2SSi/c1-2-3-9-12-19(18-14-15-27-17-18)20(21(25)26)13-10-7-5-4-6-8-11-16-28(22,23)24/h14-15,17,19-20H,2-13,16H2,1H3,(H,25,26)/p-1. The summed E-state index contributed by atoms with van der Waals surface area (Å²) in [6.07, 6.45) is 12.6. The Morgan fingerprint density at radius 1 is 1.00 bits per heavy atom. The minimum Gasteiger partial charge on any atom is -0.550 e. The number of hydrogen-bond donors (Lipinski definition) is 0. The van der Waals surface area contributed by atoms with Gasteiger partial charge in [0.05, 0.1) is 0 Å². The molecule has 2 nitrogen and oxygen atoms in total. The molecule has 0 saturated carbocycles. The molecule has 162 valence electrons. The molecule has 28 heavy (non-hydrogen) atoms. The van der Waals surface area contributed by atoms with Crippen LogP contribution in [0.5, 0.6) is 0 Å². The van der Waals surface area contributed by atoms with Crippen LogP contribution in [-0.2, 0) is 4.79 Å². The van der Waals surface area contributed by atoms with Crippen LogP contribution in [0.2, 0.25) is 6.04 Å². The van der Waals surface area contributed by atoms with Gasteiger partial charge >= 0.3 is 6.00 Å². The number of halogens is 3. The second-order valence-corrected chi connectivity index (χ2v) is 17.8. The van der Waals surface area contributed by atoms with Gasteiger partial charge in [0.1, 0.15) is 0 Å². The van der Waals surface area contributed by atoms with E-state index in [9.17, 15) is 9.90 Å². The van der Waals surface area contributed by atoms with Gasteiger partial charge in [0.15, 0.2) is 0 Å². The molecular weight excluding hydrogens is 451 g/mol. The number of hydrogen-bond acceptors (Lipinski definition) is 3. The van der Waals surface area contributed by atoms with Crippen molar-refractivity contribution in [3.8, 4) is 0 Å². The Bertz CT molecular complexity index is 520. The van der Waals surface area contributed by atoms with Crippen LogP contribution in [0, 0.1) is 5.92 Å². The van der Waals surface area contributed by atoms with Crippen molar-refractivity contribution in [2.45, 2.75) is 95.9 Å². The molecule has 1 aromatic rings. The molecule has 0 aromatic carbocycles. The fraction of sp³-hybridized carbons (Fsp3) is 0.762. The molecule has 0 spiro atoms. The normalized spacial score (nSPS) is 14.1. The van der Waals surface area contributed by atoms with Crippen molar-refractivity contribution in [3.63, 3.8) is 0 Å². The number of unbranched alkanes of at least 4 members (excludes halogenated alkanes) is 8. The number of thiophene rings is 1. The lowest BCUT2D eigenvalue weighted by Crippen LogP contribution is -2.35. The predicted octanol–water partition coefficient (Wildman–Crippen LogP) is 7.55. The van der Waals surface area contributed by atoms with Crippen molar-refractivity contribution in [2.75, 3.05) is 0 Å². The van der Waals surface area contributed by atoms with Gasteiger partial charge in [0.25, 0.3) is 0 Å². The summed E-state index contributed by atoms with van der Waals surface area (Å²) in [4.78, 5) is 11.9. The summed E-state index contributed by atoms with van der Waals surface area (Å²) in [7, 11) is 0. The Balaban J connectivity index is 2.33. The Morgan fingerprint density at radius 3 is 2.14 bits per heavy atom. The van der Waals surface area contributed by atoms with Crippen LogP contribution in [0.25, 0.3) is 0 Å². The molecular formula is C21H34Cl3O2SSi-. The molecule has 0 aliphatic carbocycles. The van der Waals surface area contributed by atoms with Crippen LogP contribution in [-0.4, -0.2) is 12.0 Å². The van der Waals surface area contributed by atoms with Crippen molar-refractivity contribution in [2.24, 2.45) is 5.92 Å². The number of carboxylic acid groups (broad SMARTS) is 1. The first kappa shape index (κ1) is 26.3. The average molecular weight is 485 g/mol. The molecule has 2 atom stereocenters. The molecule has 1 aromatic heterocycles. The van der Waals surface area contributed by atoms with Gasteiger partial charge in [0, 0.05) is 11.9 Å². The quantitative estimate of drug-likeness (QED) is 0.130. The molecule has 2 unspecified atom stereocenters. The van der Waals surface area contributed by atoms with Crippen LogP contribution < -0.4 is 5.11 Å². The summed E-state index contributed by atoms with van der Waals surface area (Å²) < 4.78 is 0. The van der Waals surface area contributed by atoms with E-state index in [1.54, 1.807) is 11.3 Å². The fourth-order valence-corrected chi connectivity index (χ4v) is 6.34. The minimum atomic E-state index is -2.45. The second-order valence-electron chi connectivity index (χ2n) is 7.71. The molecule has 0 bridgehead atoms. The molecule has 0 N–H and O–H groups in total. The third-order valence-electron chi connectivity index (χ3n) is 5.35. The van der Waals surface area contributed by atoms with Gasteiger partial charge in [-0.1, -0.05) is 71.1 Å². The minimum absolute atomic E-state index is 0.0916. The zero-order valence-corrected chi connectivity index (χ0v) is 21.0. The van der Waals surface area contributed by atoms with Crippen molar-refractivity contribution in [1.82, 2.24) is 0 Å². The lowest BCUT2D eigenvalue weighted by atomic mass is 9.80. The van der Waals surface area contributed by atoms with Crippen molar-refractivity contribution >= 4 is 56.5 Å². The van der Waals surface area contributed by atoms with Gasteiger partial charge in [-0.3, -0.25) is 0 Å². The maximum Gasteiger partial charge on any atom is 0.341 e. The Kier molecular flexibility index (Phi) is 14.2. The summed E-state index contributed by atoms with van der Waals surface area (Å²) >= 11 is 19.3. The first-order valence-corrected chi connectivity index (χ1v) is 16.8. The SMILES string of the molecule is CCCCCC(c1ccsc1)C(CCCCCCCCC[Si](Cl)(Cl)Cl)C(=O)[O-].